The SMILES string of the molecule is CC(C)c1[nH]c(C2CCC(N)CC2)nc1-c1ccccc1. The van der Waals surface area contributed by atoms with Gasteiger partial charge in [-0.05, 0) is 31.6 Å². The maximum Gasteiger partial charge on any atom is 0.110 e. The third-order valence-corrected chi connectivity index (χ3v) is 4.53. The Balaban J connectivity index is 1.93. The average Bonchev–Trinajstić information content (AvgIpc) is 2.94. The highest BCUT2D eigenvalue weighted by Gasteiger charge is 2.24. The summed E-state index contributed by atoms with van der Waals surface area (Å²) in [5.41, 5.74) is 9.60. The largest absolute Gasteiger partial charge is 0.345 e. The Morgan fingerprint density at radius 2 is 1.76 bits per heavy atom. The number of rotatable bonds is 3. The minimum Gasteiger partial charge on any atom is -0.345 e. The second-order valence-corrected chi connectivity index (χ2v) is 6.52. The molecule has 3 heteroatoms. The molecule has 0 aliphatic heterocycles. The van der Waals surface area contributed by atoms with Gasteiger partial charge in [-0.2, -0.15) is 0 Å². The third kappa shape index (κ3) is 3.03. The summed E-state index contributed by atoms with van der Waals surface area (Å²) >= 11 is 0. The molecule has 1 aliphatic rings. The lowest BCUT2D eigenvalue weighted by Crippen LogP contribution is -2.26. The van der Waals surface area contributed by atoms with E-state index < -0.39 is 0 Å². The molecule has 1 aromatic heterocycles. The van der Waals surface area contributed by atoms with Crippen LogP contribution in [0.15, 0.2) is 30.3 Å². The number of nitrogens with two attached hydrogens (primary N) is 1. The van der Waals surface area contributed by atoms with Gasteiger partial charge < -0.3 is 10.7 Å². The fourth-order valence-corrected chi connectivity index (χ4v) is 3.23. The number of H-pyrrole nitrogens is 1. The molecule has 1 aromatic carbocycles. The van der Waals surface area contributed by atoms with Crippen molar-refractivity contribution in [3.63, 3.8) is 0 Å². The zero-order chi connectivity index (χ0) is 14.8. The van der Waals surface area contributed by atoms with Crippen molar-refractivity contribution in [2.75, 3.05) is 0 Å². The maximum absolute atomic E-state index is 6.02. The summed E-state index contributed by atoms with van der Waals surface area (Å²) < 4.78 is 0. The summed E-state index contributed by atoms with van der Waals surface area (Å²) in [6.45, 7) is 4.45. The first-order chi connectivity index (χ1) is 10.1. The number of aromatic nitrogens is 2. The summed E-state index contributed by atoms with van der Waals surface area (Å²) in [5, 5.41) is 0. The van der Waals surface area contributed by atoms with Crippen molar-refractivity contribution in [1.82, 2.24) is 9.97 Å². The van der Waals surface area contributed by atoms with Crippen LogP contribution in [0.25, 0.3) is 11.3 Å². The lowest BCUT2D eigenvalue weighted by atomic mass is 9.86. The molecule has 0 saturated heterocycles. The lowest BCUT2D eigenvalue weighted by molar-refractivity contribution is 0.386. The van der Waals surface area contributed by atoms with Gasteiger partial charge in [0.1, 0.15) is 5.82 Å². The van der Waals surface area contributed by atoms with Crippen LogP contribution in [0.4, 0.5) is 0 Å². The highest BCUT2D eigenvalue weighted by atomic mass is 15.0. The second-order valence-electron chi connectivity index (χ2n) is 6.52. The average molecular weight is 283 g/mol. The highest BCUT2D eigenvalue weighted by molar-refractivity contribution is 5.62. The number of imidazole rings is 1. The number of aromatic amines is 1. The minimum atomic E-state index is 0.384. The van der Waals surface area contributed by atoms with E-state index in [1.807, 2.05) is 0 Å². The summed E-state index contributed by atoms with van der Waals surface area (Å²) in [4.78, 5) is 8.57. The molecule has 0 atom stereocenters. The number of hydrogen-bond acceptors (Lipinski definition) is 2. The van der Waals surface area contributed by atoms with Crippen LogP contribution in [0.5, 0.6) is 0 Å². The van der Waals surface area contributed by atoms with E-state index in [0.29, 0.717) is 17.9 Å². The monoisotopic (exact) mass is 283 g/mol. The predicted octanol–water partition coefficient (Wildman–Crippen LogP) is 4.19. The van der Waals surface area contributed by atoms with Crippen molar-refractivity contribution in [2.45, 2.75) is 57.4 Å². The number of benzene rings is 1. The van der Waals surface area contributed by atoms with Crippen LogP contribution < -0.4 is 5.73 Å². The van der Waals surface area contributed by atoms with Crippen LogP contribution in [0, 0.1) is 0 Å². The highest BCUT2D eigenvalue weighted by Crippen LogP contribution is 2.34. The van der Waals surface area contributed by atoms with Gasteiger partial charge in [0.25, 0.3) is 0 Å². The molecule has 1 saturated carbocycles. The van der Waals surface area contributed by atoms with Crippen molar-refractivity contribution in [3.05, 3.63) is 41.9 Å². The Labute approximate surface area is 127 Å². The van der Waals surface area contributed by atoms with E-state index in [4.69, 9.17) is 10.7 Å². The molecule has 3 rings (SSSR count). The van der Waals surface area contributed by atoms with Crippen LogP contribution in [0.1, 0.15) is 62.9 Å². The van der Waals surface area contributed by atoms with Gasteiger partial charge in [-0.25, -0.2) is 4.98 Å². The van der Waals surface area contributed by atoms with Crippen LogP contribution in [-0.2, 0) is 0 Å². The summed E-state index contributed by atoms with van der Waals surface area (Å²) in [5.74, 6) is 2.15. The lowest BCUT2D eigenvalue weighted by Gasteiger charge is -2.24. The van der Waals surface area contributed by atoms with E-state index in [9.17, 15) is 0 Å². The smallest absolute Gasteiger partial charge is 0.110 e. The van der Waals surface area contributed by atoms with Crippen LogP contribution in [-0.4, -0.2) is 16.0 Å². The number of hydrogen-bond donors (Lipinski definition) is 2. The van der Waals surface area contributed by atoms with E-state index >= 15 is 0 Å². The van der Waals surface area contributed by atoms with Gasteiger partial charge in [0.15, 0.2) is 0 Å². The van der Waals surface area contributed by atoms with E-state index in [1.165, 1.54) is 11.3 Å². The maximum atomic E-state index is 6.02. The molecule has 2 aromatic rings. The molecular formula is C18H25N3. The van der Waals surface area contributed by atoms with Gasteiger partial charge >= 0.3 is 0 Å². The quantitative estimate of drug-likeness (QED) is 0.887. The molecule has 0 unspecified atom stereocenters. The van der Waals surface area contributed by atoms with Crippen molar-refractivity contribution in [1.29, 1.82) is 0 Å². The van der Waals surface area contributed by atoms with E-state index in [-0.39, 0.29) is 0 Å². The third-order valence-electron chi connectivity index (χ3n) is 4.53. The molecule has 1 fully saturated rings. The fourth-order valence-electron chi connectivity index (χ4n) is 3.23. The standard InChI is InChI=1S/C18H25N3/c1-12(2)16-17(13-6-4-3-5-7-13)21-18(20-16)14-8-10-15(19)11-9-14/h3-7,12,14-15H,8-11,19H2,1-2H3,(H,20,21). The molecule has 3 N–H and O–H groups in total. The van der Waals surface area contributed by atoms with Gasteiger partial charge in [0, 0.05) is 23.2 Å². The summed E-state index contributed by atoms with van der Waals surface area (Å²) in [7, 11) is 0. The second kappa shape index (κ2) is 6.02. The van der Waals surface area contributed by atoms with Gasteiger partial charge in [-0.1, -0.05) is 44.2 Å². The normalized spacial score (nSPS) is 22.7. The van der Waals surface area contributed by atoms with E-state index in [2.05, 4.69) is 49.2 Å². The van der Waals surface area contributed by atoms with Crippen molar-refractivity contribution in [2.24, 2.45) is 5.73 Å². The van der Waals surface area contributed by atoms with Crippen molar-refractivity contribution >= 4 is 0 Å². The molecule has 21 heavy (non-hydrogen) atoms. The van der Waals surface area contributed by atoms with E-state index in [1.54, 1.807) is 0 Å². The molecule has 0 bridgehead atoms. The summed E-state index contributed by atoms with van der Waals surface area (Å²) in [6.07, 6.45) is 4.53. The van der Waals surface area contributed by atoms with Gasteiger partial charge in [-0.3, -0.25) is 0 Å². The topological polar surface area (TPSA) is 54.7 Å². The molecule has 1 heterocycles. The number of nitrogens with zero attached hydrogens (tertiary/aromatic N) is 1. The Morgan fingerprint density at radius 3 is 2.38 bits per heavy atom. The van der Waals surface area contributed by atoms with Gasteiger partial charge in [0.2, 0.25) is 0 Å². The Morgan fingerprint density at radius 1 is 1.10 bits per heavy atom. The van der Waals surface area contributed by atoms with Crippen molar-refractivity contribution in [3.8, 4) is 11.3 Å². The first-order valence-corrected chi connectivity index (χ1v) is 8.06. The molecule has 0 spiro atoms. The van der Waals surface area contributed by atoms with Crippen LogP contribution in [0.2, 0.25) is 0 Å². The number of nitrogens with one attached hydrogen (secondary N) is 1. The predicted molar refractivity (Wildman–Crippen MR) is 87.3 cm³/mol. The first-order valence-electron chi connectivity index (χ1n) is 8.06. The zero-order valence-corrected chi connectivity index (χ0v) is 13.0. The zero-order valence-electron chi connectivity index (χ0n) is 13.0. The summed E-state index contributed by atoms with van der Waals surface area (Å²) in [6, 6.07) is 10.9. The van der Waals surface area contributed by atoms with Crippen molar-refractivity contribution < 1.29 is 0 Å². The molecule has 3 nitrogen and oxygen atoms in total. The molecule has 112 valence electrons. The van der Waals surface area contributed by atoms with Gasteiger partial charge in [0.05, 0.1) is 5.69 Å². The molecular weight excluding hydrogens is 258 g/mol. The minimum absolute atomic E-state index is 0.384. The Hall–Kier alpha value is -1.61. The molecule has 1 aliphatic carbocycles. The van der Waals surface area contributed by atoms with E-state index in [0.717, 1.165) is 37.2 Å². The molecule has 0 amide bonds. The molecule has 0 radical (unpaired) electrons. The Kier molecular flexibility index (Phi) is 4.11. The van der Waals surface area contributed by atoms with Gasteiger partial charge in [-0.15, -0.1) is 0 Å². The van der Waals surface area contributed by atoms with Crippen LogP contribution >= 0.6 is 0 Å². The fraction of sp³-hybridized carbons (Fsp3) is 0.500. The first kappa shape index (κ1) is 14.3. The Bertz CT molecular complexity index is 578. The van der Waals surface area contributed by atoms with Crippen LogP contribution in [0.3, 0.4) is 0 Å².